The summed E-state index contributed by atoms with van der Waals surface area (Å²) in [6, 6.07) is 0. The normalized spacial score (nSPS) is 10.9. The lowest BCUT2D eigenvalue weighted by atomic mass is 10.4. The highest BCUT2D eigenvalue weighted by Crippen LogP contribution is 1.98. The predicted octanol–water partition coefficient (Wildman–Crippen LogP) is -0.0455. The fourth-order valence-electron chi connectivity index (χ4n) is 1.49. The Morgan fingerprint density at radius 1 is 1.35 bits per heavy atom. The molecule has 0 aliphatic rings. The van der Waals surface area contributed by atoms with Gasteiger partial charge in [0.15, 0.2) is 5.82 Å². The Labute approximate surface area is 99.9 Å². The summed E-state index contributed by atoms with van der Waals surface area (Å²) in [7, 11) is 1.91. The van der Waals surface area contributed by atoms with E-state index in [1.165, 1.54) is 0 Å². The van der Waals surface area contributed by atoms with Crippen LogP contribution < -0.4 is 5.32 Å². The third-order valence-corrected chi connectivity index (χ3v) is 2.43. The molecular weight excluding hydrogens is 218 g/mol. The third-order valence-electron chi connectivity index (χ3n) is 2.43. The van der Waals surface area contributed by atoms with Crippen molar-refractivity contribution >= 4 is 0 Å². The van der Waals surface area contributed by atoms with Gasteiger partial charge in [-0.2, -0.15) is 0 Å². The molecule has 0 spiro atoms. The lowest BCUT2D eigenvalue weighted by Crippen LogP contribution is -2.14. The summed E-state index contributed by atoms with van der Waals surface area (Å²) in [5.41, 5.74) is 0.945. The average molecular weight is 235 g/mol. The molecule has 0 amide bonds. The van der Waals surface area contributed by atoms with E-state index in [2.05, 4.69) is 32.7 Å². The van der Waals surface area contributed by atoms with Crippen molar-refractivity contribution in [1.82, 2.24) is 35.1 Å². The lowest BCUT2D eigenvalue weighted by Gasteiger charge is -1.99. The number of rotatable bonds is 6. The average Bonchev–Trinajstić information content (AvgIpc) is 2.91. The first kappa shape index (κ1) is 11.7. The largest absolute Gasteiger partial charge is 0.319 e. The number of nitrogens with zero attached hydrogens (tertiary/aromatic N) is 6. The van der Waals surface area contributed by atoms with Crippen LogP contribution in [0, 0.1) is 0 Å². The van der Waals surface area contributed by atoms with Gasteiger partial charge in [-0.1, -0.05) is 12.1 Å². The summed E-state index contributed by atoms with van der Waals surface area (Å²) in [5.74, 6) is 0.864. The highest BCUT2D eigenvalue weighted by atomic mass is 15.4. The second-order valence-electron chi connectivity index (χ2n) is 3.94. The van der Waals surface area contributed by atoms with Gasteiger partial charge >= 0.3 is 0 Å². The van der Waals surface area contributed by atoms with Crippen LogP contribution in [0.3, 0.4) is 0 Å². The molecule has 0 saturated heterocycles. The molecule has 2 rings (SSSR count). The standard InChI is InChI=1S/C10H17N7/c1-3-4-11-5-9-6-17(15-13-9)7-10-14-12-8-16(10)2/h6,8,11H,3-5,7H2,1-2H3. The molecule has 0 unspecified atom stereocenters. The number of nitrogens with one attached hydrogen (secondary N) is 1. The van der Waals surface area contributed by atoms with Crippen LogP contribution in [0.25, 0.3) is 0 Å². The van der Waals surface area contributed by atoms with Gasteiger partial charge < -0.3 is 9.88 Å². The molecule has 0 fully saturated rings. The Morgan fingerprint density at radius 3 is 2.94 bits per heavy atom. The number of aromatic nitrogens is 6. The van der Waals surface area contributed by atoms with Gasteiger partial charge in [0.1, 0.15) is 12.9 Å². The molecule has 0 atom stereocenters. The molecule has 1 N–H and O–H groups in total. The number of hydrogen-bond acceptors (Lipinski definition) is 5. The molecule has 0 aliphatic heterocycles. The van der Waals surface area contributed by atoms with Crippen LogP contribution >= 0.6 is 0 Å². The molecule has 0 aromatic carbocycles. The van der Waals surface area contributed by atoms with Crippen LogP contribution in [-0.2, 0) is 20.1 Å². The maximum Gasteiger partial charge on any atom is 0.154 e. The van der Waals surface area contributed by atoms with Crippen molar-refractivity contribution in [2.75, 3.05) is 6.54 Å². The van der Waals surface area contributed by atoms with E-state index in [1.54, 1.807) is 11.0 Å². The lowest BCUT2D eigenvalue weighted by molar-refractivity contribution is 0.605. The van der Waals surface area contributed by atoms with Crippen LogP contribution in [-0.4, -0.2) is 36.3 Å². The summed E-state index contributed by atoms with van der Waals surface area (Å²) >= 11 is 0. The van der Waals surface area contributed by atoms with Gasteiger partial charge in [-0.15, -0.1) is 15.3 Å². The second-order valence-corrected chi connectivity index (χ2v) is 3.94. The zero-order valence-corrected chi connectivity index (χ0v) is 10.2. The van der Waals surface area contributed by atoms with E-state index in [0.29, 0.717) is 6.54 Å². The van der Waals surface area contributed by atoms with Crippen molar-refractivity contribution in [2.24, 2.45) is 7.05 Å². The van der Waals surface area contributed by atoms with Gasteiger partial charge in [0.25, 0.3) is 0 Å². The second kappa shape index (κ2) is 5.53. The zero-order valence-electron chi connectivity index (χ0n) is 10.2. The van der Waals surface area contributed by atoms with Crippen molar-refractivity contribution in [1.29, 1.82) is 0 Å². The van der Waals surface area contributed by atoms with Crippen LogP contribution in [0.1, 0.15) is 24.9 Å². The number of hydrogen-bond donors (Lipinski definition) is 1. The van der Waals surface area contributed by atoms with Crippen LogP contribution in [0.4, 0.5) is 0 Å². The maximum atomic E-state index is 4.09. The molecular formula is C10H17N7. The van der Waals surface area contributed by atoms with Crippen molar-refractivity contribution in [2.45, 2.75) is 26.4 Å². The molecule has 7 heteroatoms. The Hall–Kier alpha value is -1.76. The fourth-order valence-corrected chi connectivity index (χ4v) is 1.49. The van der Waals surface area contributed by atoms with Gasteiger partial charge in [0.05, 0.1) is 11.9 Å². The minimum Gasteiger partial charge on any atom is -0.319 e. The van der Waals surface area contributed by atoms with E-state index in [0.717, 1.165) is 31.0 Å². The van der Waals surface area contributed by atoms with Crippen LogP contribution in [0.15, 0.2) is 12.5 Å². The van der Waals surface area contributed by atoms with Gasteiger partial charge in [-0.3, -0.25) is 0 Å². The van der Waals surface area contributed by atoms with E-state index >= 15 is 0 Å². The highest BCUT2D eigenvalue weighted by Gasteiger charge is 2.04. The molecule has 92 valence electrons. The summed E-state index contributed by atoms with van der Waals surface area (Å²) in [6.07, 6.45) is 4.72. The molecule has 0 radical (unpaired) electrons. The Kier molecular flexibility index (Phi) is 3.81. The summed E-state index contributed by atoms with van der Waals surface area (Å²) < 4.78 is 3.64. The quantitative estimate of drug-likeness (QED) is 0.711. The molecule has 0 saturated carbocycles. The van der Waals surface area contributed by atoms with Gasteiger partial charge in [-0.05, 0) is 13.0 Å². The topological polar surface area (TPSA) is 73.5 Å². The summed E-state index contributed by atoms with van der Waals surface area (Å²) in [6.45, 7) is 4.48. The van der Waals surface area contributed by atoms with Gasteiger partial charge in [-0.25, -0.2) is 4.68 Å². The van der Waals surface area contributed by atoms with E-state index in [4.69, 9.17) is 0 Å². The molecule has 7 nitrogen and oxygen atoms in total. The van der Waals surface area contributed by atoms with Crippen molar-refractivity contribution in [3.8, 4) is 0 Å². The third kappa shape index (κ3) is 3.10. The van der Waals surface area contributed by atoms with Gasteiger partial charge in [0.2, 0.25) is 0 Å². The van der Waals surface area contributed by atoms with Crippen molar-refractivity contribution < 1.29 is 0 Å². The van der Waals surface area contributed by atoms with E-state index in [-0.39, 0.29) is 0 Å². The van der Waals surface area contributed by atoms with Crippen LogP contribution in [0.2, 0.25) is 0 Å². The Bertz CT molecular complexity index is 459. The SMILES string of the molecule is CCCNCc1cn(Cc2nncn2C)nn1. The van der Waals surface area contributed by atoms with Crippen LogP contribution in [0.5, 0.6) is 0 Å². The smallest absolute Gasteiger partial charge is 0.154 e. The van der Waals surface area contributed by atoms with Gasteiger partial charge in [0, 0.05) is 13.6 Å². The molecule has 2 aromatic rings. The first-order valence-electron chi connectivity index (χ1n) is 5.72. The monoisotopic (exact) mass is 235 g/mol. The zero-order chi connectivity index (χ0) is 12.1. The first-order valence-corrected chi connectivity index (χ1v) is 5.72. The fraction of sp³-hybridized carbons (Fsp3) is 0.600. The van der Waals surface area contributed by atoms with E-state index in [9.17, 15) is 0 Å². The number of aryl methyl sites for hydroxylation is 1. The van der Waals surface area contributed by atoms with E-state index in [1.807, 2.05) is 17.8 Å². The molecule has 2 heterocycles. The molecule has 0 aliphatic carbocycles. The minimum absolute atomic E-state index is 0.595. The minimum atomic E-state index is 0.595. The first-order chi connectivity index (χ1) is 8.29. The summed E-state index contributed by atoms with van der Waals surface area (Å²) in [5, 5.41) is 19.3. The predicted molar refractivity (Wildman–Crippen MR) is 62.1 cm³/mol. The Balaban J connectivity index is 1.92. The van der Waals surface area contributed by atoms with E-state index < -0.39 is 0 Å². The summed E-state index contributed by atoms with van der Waals surface area (Å²) in [4.78, 5) is 0. The molecule has 17 heavy (non-hydrogen) atoms. The maximum absolute atomic E-state index is 4.09. The molecule has 0 bridgehead atoms. The Morgan fingerprint density at radius 2 is 2.24 bits per heavy atom. The van der Waals surface area contributed by atoms with Crippen molar-refractivity contribution in [3.05, 3.63) is 24.0 Å². The molecule has 2 aromatic heterocycles. The highest BCUT2D eigenvalue weighted by molar-refractivity contribution is 4.94. The van der Waals surface area contributed by atoms with Crippen molar-refractivity contribution in [3.63, 3.8) is 0 Å².